The minimum absolute atomic E-state index is 0.350. The van der Waals surface area contributed by atoms with Crippen molar-refractivity contribution in [1.29, 1.82) is 0 Å². The van der Waals surface area contributed by atoms with Crippen molar-refractivity contribution in [2.75, 3.05) is 7.11 Å². The Kier molecular flexibility index (Phi) is 4.65. The van der Waals surface area contributed by atoms with E-state index in [1.54, 1.807) is 30.2 Å². The summed E-state index contributed by atoms with van der Waals surface area (Å²) in [4.78, 5) is 0. The molecule has 1 aromatic carbocycles. The van der Waals surface area contributed by atoms with Crippen molar-refractivity contribution in [2.24, 2.45) is 0 Å². The zero-order valence-corrected chi connectivity index (χ0v) is 14.6. The first-order valence-corrected chi connectivity index (χ1v) is 8.68. The van der Waals surface area contributed by atoms with Crippen molar-refractivity contribution in [3.05, 3.63) is 54.1 Å². The zero-order valence-electron chi connectivity index (χ0n) is 13.8. The van der Waals surface area contributed by atoms with Gasteiger partial charge in [-0.2, -0.15) is 0 Å². The lowest BCUT2D eigenvalue weighted by atomic mass is 10.2. The van der Waals surface area contributed by atoms with Crippen LogP contribution in [0.2, 0.25) is 0 Å². The first-order valence-electron chi connectivity index (χ1n) is 7.70. The zero-order chi connectivity index (χ0) is 17.8. The van der Waals surface area contributed by atoms with Crippen molar-refractivity contribution in [1.82, 2.24) is 30.4 Å². The van der Waals surface area contributed by atoms with E-state index >= 15 is 0 Å². The molecule has 0 radical (unpaired) electrons. The Bertz CT molecular complexity index is 964. The first kappa shape index (κ1) is 16.3. The molecule has 10 heteroatoms. The summed E-state index contributed by atoms with van der Waals surface area (Å²) < 4.78 is 17.7. The molecule has 3 heterocycles. The summed E-state index contributed by atoms with van der Waals surface area (Å²) in [6.45, 7) is 0.556. The Morgan fingerprint density at radius 3 is 2.77 bits per heavy atom. The molecule has 3 aromatic heterocycles. The van der Waals surface area contributed by atoms with Crippen molar-refractivity contribution in [3.8, 4) is 17.4 Å². The second-order valence-corrected chi connectivity index (χ2v) is 6.18. The molecular weight excluding hydrogens is 356 g/mol. The van der Waals surface area contributed by atoms with E-state index in [0.29, 0.717) is 35.0 Å². The molecule has 4 aromatic rings. The third-order valence-electron chi connectivity index (χ3n) is 3.51. The highest BCUT2D eigenvalue weighted by molar-refractivity contribution is 7.98. The van der Waals surface area contributed by atoms with Crippen LogP contribution < -0.4 is 4.74 Å². The average Bonchev–Trinajstić information content (AvgIpc) is 3.42. The summed E-state index contributed by atoms with van der Waals surface area (Å²) in [6, 6.07) is 11.3. The number of methoxy groups -OCH3 is 1. The number of furan rings is 1. The van der Waals surface area contributed by atoms with Gasteiger partial charge in [-0.05, 0) is 40.3 Å². The molecule has 0 bridgehead atoms. The topological polar surface area (TPSA) is 105 Å². The molecule has 0 saturated heterocycles. The lowest BCUT2D eigenvalue weighted by Gasteiger charge is -2.05. The first-order chi connectivity index (χ1) is 12.8. The number of nitrogens with zero attached hydrogens (tertiary/aromatic N) is 6. The van der Waals surface area contributed by atoms with Gasteiger partial charge >= 0.3 is 0 Å². The molecule has 132 valence electrons. The van der Waals surface area contributed by atoms with E-state index in [9.17, 15) is 0 Å². The molecule has 0 spiro atoms. The van der Waals surface area contributed by atoms with Gasteiger partial charge in [0.25, 0.3) is 5.89 Å². The SMILES string of the molecule is COc1ccc(Cn2nnnc2SCc2nnc(-c3ccco3)o2)cc1. The van der Waals surface area contributed by atoms with Gasteiger partial charge in [-0.25, -0.2) is 4.68 Å². The quantitative estimate of drug-likeness (QED) is 0.454. The van der Waals surface area contributed by atoms with E-state index in [-0.39, 0.29) is 0 Å². The Morgan fingerprint density at radius 2 is 2.00 bits per heavy atom. The monoisotopic (exact) mass is 370 g/mol. The van der Waals surface area contributed by atoms with Crippen molar-refractivity contribution in [2.45, 2.75) is 17.5 Å². The van der Waals surface area contributed by atoms with Gasteiger partial charge in [-0.1, -0.05) is 23.9 Å². The van der Waals surface area contributed by atoms with Gasteiger partial charge in [-0.3, -0.25) is 0 Å². The van der Waals surface area contributed by atoms with Crippen LogP contribution in [0.4, 0.5) is 0 Å². The molecule has 0 aliphatic carbocycles. The van der Waals surface area contributed by atoms with E-state index in [4.69, 9.17) is 13.6 Å². The predicted molar refractivity (Wildman–Crippen MR) is 91.5 cm³/mol. The van der Waals surface area contributed by atoms with Gasteiger partial charge in [0.15, 0.2) is 5.76 Å². The lowest BCUT2D eigenvalue weighted by molar-refractivity contribution is 0.414. The average molecular weight is 370 g/mol. The summed E-state index contributed by atoms with van der Waals surface area (Å²) in [7, 11) is 1.64. The van der Waals surface area contributed by atoms with E-state index in [1.807, 2.05) is 24.3 Å². The number of benzene rings is 1. The Labute approximate surface area is 152 Å². The van der Waals surface area contributed by atoms with Crippen LogP contribution in [0.15, 0.2) is 56.7 Å². The molecule has 0 N–H and O–H groups in total. The third kappa shape index (κ3) is 3.59. The van der Waals surface area contributed by atoms with E-state index in [0.717, 1.165) is 11.3 Å². The van der Waals surface area contributed by atoms with Crippen molar-refractivity contribution in [3.63, 3.8) is 0 Å². The fourth-order valence-electron chi connectivity index (χ4n) is 2.24. The minimum Gasteiger partial charge on any atom is -0.497 e. The molecular formula is C16H14N6O3S. The molecule has 0 unspecified atom stereocenters. The van der Waals surface area contributed by atoms with Gasteiger partial charge < -0.3 is 13.6 Å². The fourth-order valence-corrected chi connectivity index (χ4v) is 2.95. The number of hydrogen-bond donors (Lipinski definition) is 0. The van der Waals surface area contributed by atoms with E-state index in [2.05, 4.69) is 25.7 Å². The minimum atomic E-state index is 0.350. The highest BCUT2D eigenvalue weighted by Crippen LogP contribution is 2.23. The number of ether oxygens (including phenoxy) is 1. The number of hydrogen-bond acceptors (Lipinski definition) is 9. The van der Waals surface area contributed by atoms with Crippen LogP contribution in [0, 0.1) is 0 Å². The van der Waals surface area contributed by atoms with Gasteiger partial charge in [0.05, 0.1) is 25.7 Å². The van der Waals surface area contributed by atoms with Crippen LogP contribution in [0.5, 0.6) is 5.75 Å². The van der Waals surface area contributed by atoms with Gasteiger partial charge in [0.2, 0.25) is 11.0 Å². The van der Waals surface area contributed by atoms with Crippen LogP contribution in [0.25, 0.3) is 11.7 Å². The van der Waals surface area contributed by atoms with Crippen LogP contribution in [0.3, 0.4) is 0 Å². The number of thioether (sulfide) groups is 1. The molecule has 0 aliphatic rings. The maximum Gasteiger partial charge on any atom is 0.283 e. The second kappa shape index (κ2) is 7.40. The normalized spacial score (nSPS) is 11.0. The largest absolute Gasteiger partial charge is 0.497 e. The molecule has 0 atom stereocenters. The molecule has 0 amide bonds. The molecule has 0 aliphatic heterocycles. The maximum atomic E-state index is 5.58. The number of rotatable bonds is 7. The van der Waals surface area contributed by atoms with Crippen molar-refractivity contribution >= 4 is 11.8 Å². The van der Waals surface area contributed by atoms with Crippen LogP contribution in [-0.4, -0.2) is 37.5 Å². The van der Waals surface area contributed by atoms with Crippen LogP contribution in [-0.2, 0) is 12.3 Å². The smallest absolute Gasteiger partial charge is 0.283 e. The number of tetrazole rings is 1. The molecule has 9 nitrogen and oxygen atoms in total. The summed E-state index contributed by atoms with van der Waals surface area (Å²) >= 11 is 1.42. The third-order valence-corrected chi connectivity index (χ3v) is 4.46. The lowest BCUT2D eigenvalue weighted by Crippen LogP contribution is -2.04. The van der Waals surface area contributed by atoms with Gasteiger partial charge in [0.1, 0.15) is 5.75 Å². The Hall–Kier alpha value is -3.14. The van der Waals surface area contributed by atoms with Gasteiger partial charge in [0, 0.05) is 0 Å². The summed E-state index contributed by atoms with van der Waals surface area (Å²) in [5, 5.41) is 20.5. The second-order valence-electron chi connectivity index (χ2n) is 5.23. The molecule has 4 rings (SSSR count). The van der Waals surface area contributed by atoms with E-state index < -0.39 is 0 Å². The highest BCUT2D eigenvalue weighted by Gasteiger charge is 2.13. The predicted octanol–water partition coefficient (Wildman–Crippen LogP) is 2.67. The van der Waals surface area contributed by atoms with Crippen LogP contribution >= 0.6 is 11.8 Å². The Morgan fingerprint density at radius 1 is 1.12 bits per heavy atom. The molecule has 0 saturated carbocycles. The van der Waals surface area contributed by atoms with Crippen molar-refractivity contribution < 1.29 is 13.6 Å². The summed E-state index contributed by atoms with van der Waals surface area (Å²) in [6.07, 6.45) is 1.56. The summed E-state index contributed by atoms with van der Waals surface area (Å²) in [5.41, 5.74) is 1.07. The standard InChI is InChI=1S/C16H14N6O3S/c1-23-12-6-4-11(5-7-12)9-22-16(19-20-21-22)26-10-14-17-18-15(25-14)13-3-2-8-24-13/h2-8H,9-10H2,1H3. The highest BCUT2D eigenvalue weighted by atomic mass is 32.2. The van der Waals surface area contributed by atoms with E-state index in [1.165, 1.54) is 11.8 Å². The summed E-state index contributed by atoms with van der Waals surface area (Å²) in [5.74, 6) is 2.63. The number of aromatic nitrogens is 6. The molecule has 0 fully saturated rings. The Balaban J connectivity index is 1.41. The fraction of sp³-hybridized carbons (Fsp3) is 0.188. The van der Waals surface area contributed by atoms with Gasteiger partial charge in [-0.15, -0.1) is 15.3 Å². The van der Waals surface area contributed by atoms with Crippen LogP contribution in [0.1, 0.15) is 11.5 Å². The maximum absolute atomic E-state index is 5.58. The molecule has 26 heavy (non-hydrogen) atoms.